The number of piperidine rings is 1. The van der Waals surface area contributed by atoms with Crippen LogP contribution in [0, 0.1) is 3.57 Å². The first-order chi connectivity index (χ1) is 7.68. The molecule has 3 nitrogen and oxygen atoms in total. The number of rotatable bonds is 1. The van der Waals surface area contributed by atoms with Gasteiger partial charge in [0.15, 0.2) is 0 Å². The molecule has 1 aliphatic heterocycles. The van der Waals surface area contributed by atoms with Crippen LogP contribution in [-0.4, -0.2) is 29.9 Å². The van der Waals surface area contributed by atoms with E-state index in [1.807, 2.05) is 29.2 Å². The molecule has 4 heteroatoms. The normalized spacial score (nSPS) is 20.9. The Hall–Kier alpha value is -0.620. The molecule has 1 fully saturated rings. The zero-order chi connectivity index (χ0) is 11.5. The number of carbonyl (C=O) groups excluding carboxylic acids is 1. The third-order valence-electron chi connectivity index (χ3n) is 2.85. The monoisotopic (exact) mass is 330 g/mol. The van der Waals surface area contributed by atoms with Crippen molar-refractivity contribution in [1.29, 1.82) is 0 Å². The Morgan fingerprint density at radius 1 is 1.44 bits per heavy atom. The molecule has 1 aromatic rings. The Bertz CT molecular complexity index is 394. The van der Waals surface area contributed by atoms with Crippen LogP contribution >= 0.6 is 22.6 Å². The van der Waals surface area contributed by atoms with Gasteiger partial charge in [-0.05, 0) is 47.6 Å². The van der Waals surface area contributed by atoms with E-state index in [9.17, 15) is 4.79 Å². The van der Waals surface area contributed by atoms with Crippen molar-refractivity contribution >= 4 is 28.5 Å². The average molecular weight is 330 g/mol. The van der Waals surface area contributed by atoms with Crippen LogP contribution in [0.1, 0.15) is 23.2 Å². The molecular formula is C12H15IN2O. The summed E-state index contributed by atoms with van der Waals surface area (Å²) in [6.07, 6.45) is 2.03. The molecule has 1 aliphatic rings. The second-order valence-corrected chi connectivity index (χ2v) is 5.30. The van der Waals surface area contributed by atoms with E-state index in [2.05, 4.69) is 22.6 Å². The van der Waals surface area contributed by atoms with E-state index in [-0.39, 0.29) is 11.9 Å². The van der Waals surface area contributed by atoms with Gasteiger partial charge in [0.2, 0.25) is 0 Å². The zero-order valence-corrected chi connectivity index (χ0v) is 11.2. The Balaban J connectivity index is 2.16. The summed E-state index contributed by atoms with van der Waals surface area (Å²) in [5.74, 6) is 0.111. The lowest BCUT2D eigenvalue weighted by Crippen LogP contribution is -2.45. The van der Waals surface area contributed by atoms with Crippen molar-refractivity contribution in [1.82, 2.24) is 4.90 Å². The second-order valence-electron chi connectivity index (χ2n) is 4.13. The standard InChI is InChI=1S/C12H15IN2O/c13-11-6-2-1-5-10(11)12(16)15-7-3-4-9(14)8-15/h1-2,5-6,9H,3-4,7-8,14H2. The molecule has 0 spiro atoms. The van der Waals surface area contributed by atoms with Crippen LogP contribution in [0.5, 0.6) is 0 Å². The van der Waals surface area contributed by atoms with Gasteiger partial charge in [0.1, 0.15) is 0 Å². The number of halogens is 1. The van der Waals surface area contributed by atoms with E-state index in [0.29, 0.717) is 6.54 Å². The summed E-state index contributed by atoms with van der Waals surface area (Å²) < 4.78 is 1.00. The zero-order valence-electron chi connectivity index (χ0n) is 9.03. The number of benzene rings is 1. The number of carbonyl (C=O) groups is 1. The highest BCUT2D eigenvalue weighted by Crippen LogP contribution is 2.17. The van der Waals surface area contributed by atoms with E-state index < -0.39 is 0 Å². The van der Waals surface area contributed by atoms with Gasteiger partial charge in [0.25, 0.3) is 5.91 Å². The molecule has 0 saturated carbocycles. The molecule has 16 heavy (non-hydrogen) atoms. The molecule has 2 rings (SSSR count). The van der Waals surface area contributed by atoms with E-state index in [1.54, 1.807) is 0 Å². The summed E-state index contributed by atoms with van der Waals surface area (Å²) in [4.78, 5) is 14.1. The largest absolute Gasteiger partial charge is 0.337 e. The van der Waals surface area contributed by atoms with E-state index in [0.717, 1.165) is 28.5 Å². The first kappa shape index (κ1) is 11.9. The van der Waals surface area contributed by atoms with Crippen molar-refractivity contribution in [3.63, 3.8) is 0 Å². The summed E-state index contributed by atoms with van der Waals surface area (Å²) >= 11 is 2.20. The maximum absolute atomic E-state index is 12.2. The van der Waals surface area contributed by atoms with Gasteiger partial charge in [-0.25, -0.2) is 0 Å². The lowest BCUT2D eigenvalue weighted by Gasteiger charge is -2.31. The van der Waals surface area contributed by atoms with Gasteiger partial charge in [0.05, 0.1) is 5.56 Å². The van der Waals surface area contributed by atoms with Crippen LogP contribution < -0.4 is 5.73 Å². The maximum Gasteiger partial charge on any atom is 0.254 e. The van der Waals surface area contributed by atoms with Crippen LogP contribution in [0.3, 0.4) is 0 Å². The second kappa shape index (κ2) is 5.14. The first-order valence-corrected chi connectivity index (χ1v) is 6.56. The van der Waals surface area contributed by atoms with Gasteiger partial charge in [-0.3, -0.25) is 4.79 Å². The van der Waals surface area contributed by atoms with Crippen molar-refractivity contribution in [2.75, 3.05) is 13.1 Å². The molecule has 1 aromatic carbocycles. The Kier molecular flexibility index (Phi) is 3.81. The van der Waals surface area contributed by atoms with E-state index in [4.69, 9.17) is 5.73 Å². The van der Waals surface area contributed by atoms with Crippen LogP contribution in [0.25, 0.3) is 0 Å². The minimum atomic E-state index is 0.111. The molecule has 0 aliphatic carbocycles. The minimum Gasteiger partial charge on any atom is -0.337 e. The molecule has 1 unspecified atom stereocenters. The summed E-state index contributed by atoms with van der Waals surface area (Å²) in [7, 11) is 0. The number of nitrogens with two attached hydrogens (primary N) is 1. The van der Waals surface area contributed by atoms with Gasteiger partial charge < -0.3 is 10.6 Å². The molecule has 86 valence electrons. The quantitative estimate of drug-likeness (QED) is 0.799. The minimum absolute atomic E-state index is 0.111. The molecule has 1 atom stereocenters. The van der Waals surface area contributed by atoms with Crippen molar-refractivity contribution in [2.45, 2.75) is 18.9 Å². The first-order valence-electron chi connectivity index (χ1n) is 5.48. The fourth-order valence-electron chi connectivity index (χ4n) is 2.00. The van der Waals surface area contributed by atoms with Crippen LogP contribution in [0.2, 0.25) is 0 Å². The molecule has 1 saturated heterocycles. The molecular weight excluding hydrogens is 315 g/mol. The lowest BCUT2D eigenvalue weighted by molar-refractivity contribution is 0.0708. The van der Waals surface area contributed by atoms with Crippen LogP contribution in [0.4, 0.5) is 0 Å². The number of hydrogen-bond donors (Lipinski definition) is 1. The van der Waals surface area contributed by atoms with Crippen molar-refractivity contribution in [2.24, 2.45) is 5.73 Å². The molecule has 0 bridgehead atoms. The van der Waals surface area contributed by atoms with Gasteiger partial charge >= 0.3 is 0 Å². The average Bonchev–Trinajstić information content (AvgIpc) is 2.29. The van der Waals surface area contributed by atoms with Gasteiger partial charge in [-0.15, -0.1) is 0 Å². The smallest absolute Gasteiger partial charge is 0.254 e. The Morgan fingerprint density at radius 3 is 2.88 bits per heavy atom. The summed E-state index contributed by atoms with van der Waals surface area (Å²) in [6, 6.07) is 7.82. The van der Waals surface area contributed by atoms with Crippen LogP contribution in [0.15, 0.2) is 24.3 Å². The molecule has 0 aromatic heterocycles. The highest BCUT2D eigenvalue weighted by molar-refractivity contribution is 14.1. The predicted octanol–water partition coefficient (Wildman–Crippen LogP) is 1.85. The fourth-order valence-corrected chi connectivity index (χ4v) is 2.62. The highest BCUT2D eigenvalue weighted by atomic mass is 127. The van der Waals surface area contributed by atoms with E-state index >= 15 is 0 Å². The maximum atomic E-state index is 12.2. The molecule has 0 radical (unpaired) electrons. The van der Waals surface area contributed by atoms with Crippen molar-refractivity contribution in [3.8, 4) is 0 Å². The van der Waals surface area contributed by atoms with Crippen LogP contribution in [-0.2, 0) is 0 Å². The topological polar surface area (TPSA) is 46.3 Å². The Morgan fingerprint density at radius 2 is 2.19 bits per heavy atom. The SMILES string of the molecule is NC1CCCN(C(=O)c2ccccc2I)C1. The van der Waals surface area contributed by atoms with Crippen molar-refractivity contribution in [3.05, 3.63) is 33.4 Å². The third kappa shape index (κ3) is 2.55. The van der Waals surface area contributed by atoms with Crippen molar-refractivity contribution < 1.29 is 4.79 Å². The molecule has 1 amide bonds. The number of nitrogens with zero attached hydrogens (tertiary/aromatic N) is 1. The third-order valence-corrected chi connectivity index (χ3v) is 3.79. The number of hydrogen-bond acceptors (Lipinski definition) is 2. The number of likely N-dealkylation sites (tertiary alicyclic amines) is 1. The summed E-state index contributed by atoms with van der Waals surface area (Å²) in [5, 5.41) is 0. The van der Waals surface area contributed by atoms with Gasteiger partial charge in [-0.1, -0.05) is 12.1 Å². The molecule has 1 heterocycles. The summed E-state index contributed by atoms with van der Waals surface area (Å²) in [5.41, 5.74) is 6.67. The fraction of sp³-hybridized carbons (Fsp3) is 0.417. The van der Waals surface area contributed by atoms with Gasteiger partial charge in [0, 0.05) is 22.7 Å². The number of amides is 1. The Labute approximate surface area is 109 Å². The highest BCUT2D eigenvalue weighted by Gasteiger charge is 2.23. The molecule has 2 N–H and O–H groups in total. The van der Waals surface area contributed by atoms with E-state index in [1.165, 1.54) is 0 Å². The predicted molar refractivity (Wildman–Crippen MR) is 72.3 cm³/mol. The lowest BCUT2D eigenvalue weighted by atomic mass is 10.1. The van der Waals surface area contributed by atoms with Gasteiger partial charge in [-0.2, -0.15) is 0 Å². The summed E-state index contributed by atoms with van der Waals surface area (Å²) in [6.45, 7) is 1.52.